The molecule has 3 heterocycles. The Hall–Kier alpha value is -2.98. The van der Waals surface area contributed by atoms with Crippen LogP contribution in [0.25, 0.3) is 0 Å². The molecule has 0 bridgehead atoms. The van der Waals surface area contributed by atoms with Gasteiger partial charge in [-0.25, -0.2) is 0 Å². The molecule has 7 nitrogen and oxygen atoms in total. The van der Waals surface area contributed by atoms with Crippen molar-refractivity contribution in [2.75, 3.05) is 30.1 Å². The Morgan fingerprint density at radius 1 is 1.00 bits per heavy atom. The van der Waals surface area contributed by atoms with Gasteiger partial charge >= 0.3 is 0 Å². The van der Waals surface area contributed by atoms with Gasteiger partial charge in [0, 0.05) is 41.2 Å². The molecular formula is C37H45BrN2O5Si. The first kappa shape index (κ1) is 32.9. The summed E-state index contributed by atoms with van der Waals surface area (Å²) >= 11 is 3.67. The van der Waals surface area contributed by atoms with Crippen LogP contribution in [0.3, 0.4) is 0 Å². The standard InChI is InChI=1S/C37H45BrN2O5Si/c1-25-35(46(3,4)30-17-15-29(44-2)16-18-30)33(20-22-41)45-37(25)31-23-27(38)12-19-32(31)40(36(37)43)24-26-10-13-28(14-11-26)39-21-8-6-5-7-9-34(39)42/h10-19,23,25,33,35,41H,5-9,20-22,24H2,1-4H3/t25-,33+,35-,37+/m0/s1. The molecule has 2 saturated heterocycles. The van der Waals surface area contributed by atoms with E-state index in [0.29, 0.717) is 19.4 Å². The number of carbonyl (C=O) groups is 2. The van der Waals surface area contributed by atoms with Gasteiger partial charge in [-0.3, -0.25) is 9.59 Å². The van der Waals surface area contributed by atoms with Gasteiger partial charge < -0.3 is 24.4 Å². The predicted octanol–water partition coefficient (Wildman–Crippen LogP) is 6.90. The molecule has 2 fully saturated rings. The lowest BCUT2D eigenvalue weighted by Gasteiger charge is -2.37. The zero-order valence-electron chi connectivity index (χ0n) is 27.3. The number of anilines is 2. The number of nitrogens with zero attached hydrogens (tertiary/aromatic N) is 2. The van der Waals surface area contributed by atoms with E-state index in [4.69, 9.17) is 9.47 Å². The zero-order chi connectivity index (χ0) is 32.6. The van der Waals surface area contributed by atoms with E-state index >= 15 is 0 Å². The Bertz CT molecular complexity index is 1580. The first-order chi connectivity index (χ1) is 22.1. The number of hydrogen-bond acceptors (Lipinski definition) is 5. The number of benzene rings is 3. The van der Waals surface area contributed by atoms with Gasteiger partial charge in [0.15, 0.2) is 5.60 Å². The average molecular weight is 706 g/mol. The lowest BCUT2D eigenvalue weighted by atomic mass is 9.82. The van der Waals surface area contributed by atoms with Crippen molar-refractivity contribution < 1.29 is 24.2 Å². The summed E-state index contributed by atoms with van der Waals surface area (Å²) in [6.45, 7) is 8.00. The highest BCUT2D eigenvalue weighted by Gasteiger charge is 2.66. The van der Waals surface area contributed by atoms with E-state index in [9.17, 15) is 14.7 Å². The highest BCUT2D eigenvalue weighted by Crippen LogP contribution is 2.60. The molecule has 3 aromatic rings. The average Bonchev–Trinajstić information content (AvgIpc) is 3.46. The van der Waals surface area contributed by atoms with Crippen molar-refractivity contribution in [2.45, 2.75) is 82.3 Å². The highest BCUT2D eigenvalue weighted by molar-refractivity contribution is 9.10. The first-order valence-corrected chi connectivity index (χ1v) is 20.4. The minimum atomic E-state index is -2.24. The number of halogens is 1. The maximum atomic E-state index is 14.9. The largest absolute Gasteiger partial charge is 0.497 e. The van der Waals surface area contributed by atoms with E-state index in [0.717, 1.165) is 65.0 Å². The normalized spacial score (nSPS) is 25.1. The van der Waals surface area contributed by atoms with E-state index in [-0.39, 0.29) is 36.0 Å². The van der Waals surface area contributed by atoms with Crippen LogP contribution in [0.1, 0.15) is 56.6 Å². The molecule has 0 aromatic heterocycles. The van der Waals surface area contributed by atoms with E-state index in [2.05, 4.69) is 48.1 Å². The lowest BCUT2D eigenvalue weighted by molar-refractivity contribution is -0.146. The molecule has 1 N–H and O–H groups in total. The Labute approximate surface area is 282 Å². The number of methoxy groups -OCH3 is 1. The number of aliphatic hydroxyl groups excluding tert-OH is 1. The van der Waals surface area contributed by atoms with Crippen LogP contribution in [-0.2, 0) is 26.5 Å². The molecule has 1 spiro atoms. The van der Waals surface area contributed by atoms with Gasteiger partial charge in [-0.2, -0.15) is 0 Å². The van der Waals surface area contributed by atoms with E-state index in [1.54, 1.807) is 7.11 Å². The van der Waals surface area contributed by atoms with Crippen LogP contribution in [0.4, 0.5) is 11.4 Å². The Kier molecular flexibility index (Phi) is 9.49. The van der Waals surface area contributed by atoms with Gasteiger partial charge in [0.05, 0.1) is 33.5 Å². The van der Waals surface area contributed by atoms with Gasteiger partial charge in [-0.05, 0) is 72.8 Å². The van der Waals surface area contributed by atoms with E-state index in [1.807, 2.05) is 64.4 Å². The maximum Gasteiger partial charge on any atom is 0.264 e. The molecule has 9 heteroatoms. The lowest BCUT2D eigenvalue weighted by Crippen LogP contribution is -2.51. The molecular weight excluding hydrogens is 660 g/mol. The molecule has 244 valence electrons. The third-order valence-electron chi connectivity index (χ3n) is 10.6. The summed E-state index contributed by atoms with van der Waals surface area (Å²) in [7, 11) is -0.570. The third-order valence-corrected chi connectivity index (χ3v) is 15.5. The predicted molar refractivity (Wildman–Crippen MR) is 188 cm³/mol. The number of ether oxygens (including phenoxy) is 2. The number of amides is 2. The van der Waals surface area contributed by atoms with Crippen molar-refractivity contribution in [1.29, 1.82) is 0 Å². The molecule has 0 saturated carbocycles. The zero-order valence-corrected chi connectivity index (χ0v) is 29.9. The number of aliphatic hydroxyl groups is 1. The molecule has 0 unspecified atom stereocenters. The van der Waals surface area contributed by atoms with Crippen molar-refractivity contribution in [3.05, 3.63) is 82.3 Å². The molecule has 3 aliphatic heterocycles. The van der Waals surface area contributed by atoms with E-state index < -0.39 is 13.7 Å². The summed E-state index contributed by atoms with van der Waals surface area (Å²) in [5.41, 5.74) is 2.57. The van der Waals surface area contributed by atoms with Crippen molar-refractivity contribution in [2.24, 2.45) is 5.92 Å². The van der Waals surface area contributed by atoms with Crippen LogP contribution in [0, 0.1) is 5.92 Å². The second-order valence-corrected chi connectivity index (χ2v) is 19.2. The van der Waals surface area contributed by atoms with Gasteiger partial charge in [-0.15, -0.1) is 0 Å². The summed E-state index contributed by atoms with van der Waals surface area (Å²) in [6, 6.07) is 22.4. The SMILES string of the molecule is COc1ccc([Si](C)(C)[C@@H]2[C@@H](CCO)O[C@]3(C(=O)N(Cc4ccc(N5CCCCCCC5=O)cc4)c4ccc(Br)cc43)[C@H]2C)cc1. The second-order valence-electron chi connectivity index (χ2n) is 13.6. The van der Waals surface area contributed by atoms with Crippen molar-refractivity contribution >= 4 is 52.4 Å². The molecule has 3 aliphatic rings. The van der Waals surface area contributed by atoms with Crippen LogP contribution >= 0.6 is 15.9 Å². The minimum Gasteiger partial charge on any atom is -0.497 e. The first-order valence-electron chi connectivity index (χ1n) is 16.6. The number of rotatable bonds is 8. The molecule has 3 aromatic carbocycles. The van der Waals surface area contributed by atoms with Crippen LogP contribution in [0.15, 0.2) is 71.2 Å². The van der Waals surface area contributed by atoms with Crippen LogP contribution in [0.2, 0.25) is 18.6 Å². The van der Waals surface area contributed by atoms with Gasteiger partial charge in [0.25, 0.3) is 5.91 Å². The van der Waals surface area contributed by atoms with E-state index in [1.165, 1.54) is 5.19 Å². The number of hydrogen-bond donors (Lipinski definition) is 1. The van der Waals surface area contributed by atoms with Gasteiger partial charge in [-0.1, -0.05) is 78.2 Å². The van der Waals surface area contributed by atoms with Crippen molar-refractivity contribution in [1.82, 2.24) is 0 Å². The Balaban J connectivity index is 1.33. The summed E-state index contributed by atoms with van der Waals surface area (Å²) in [6.07, 6.45) is 5.02. The van der Waals surface area contributed by atoms with Crippen molar-refractivity contribution in [3.8, 4) is 5.75 Å². The smallest absolute Gasteiger partial charge is 0.264 e. The fourth-order valence-corrected chi connectivity index (χ4v) is 12.7. The third kappa shape index (κ3) is 5.74. The van der Waals surface area contributed by atoms with Crippen LogP contribution in [-0.4, -0.2) is 51.4 Å². The number of fused-ring (bicyclic) bond motifs is 2. The fraction of sp³-hybridized carbons (Fsp3) is 0.459. The summed E-state index contributed by atoms with van der Waals surface area (Å²) in [5, 5.41) is 11.4. The van der Waals surface area contributed by atoms with Crippen molar-refractivity contribution in [3.63, 3.8) is 0 Å². The molecule has 4 atom stereocenters. The molecule has 0 radical (unpaired) electrons. The molecule has 0 aliphatic carbocycles. The molecule has 6 rings (SSSR count). The second kappa shape index (κ2) is 13.3. The topological polar surface area (TPSA) is 79.3 Å². The van der Waals surface area contributed by atoms with Crippen LogP contribution in [0.5, 0.6) is 5.75 Å². The summed E-state index contributed by atoms with van der Waals surface area (Å²) < 4.78 is 13.3. The number of carbonyl (C=O) groups excluding carboxylic acids is 2. The fourth-order valence-electron chi connectivity index (χ4n) is 8.24. The molecule has 2 amide bonds. The quantitative estimate of drug-likeness (QED) is 0.258. The highest BCUT2D eigenvalue weighted by atomic mass is 79.9. The Morgan fingerprint density at radius 2 is 1.72 bits per heavy atom. The Morgan fingerprint density at radius 3 is 2.41 bits per heavy atom. The molecule has 46 heavy (non-hydrogen) atoms. The van der Waals surface area contributed by atoms with Gasteiger partial charge in [0.1, 0.15) is 5.75 Å². The van der Waals surface area contributed by atoms with Crippen LogP contribution < -0.4 is 19.7 Å². The minimum absolute atomic E-state index is 0.00776. The summed E-state index contributed by atoms with van der Waals surface area (Å²) in [4.78, 5) is 31.5. The monoisotopic (exact) mass is 704 g/mol. The summed E-state index contributed by atoms with van der Waals surface area (Å²) in [5.74, 6) is 0.818. The maximum absolute atomic E-state index is 14.9. The van der Waals surface area contributed by atoms with Gasteiger partial charge in [0.2, 0.25) is 5.91 Å².